The molecular formula is C16H27N3O2. The Morgan fingerprint density at radius 3 is 2.62 bits per heavy atom. The molecular weight excluding hydrogens is 266 g/mol. The molecule has 0 unspecified atom stereocenters. The number of hydrogen-bond acceptors (Lipinski definition) is 3. The molecule has 0 saturated heterocycles. The van der Waals surface area contributed by atoms with E-state index in [9.17, 15) is 0 Å². The molecule has 5 nitrogen and oxygen atoms in total. The van der Waals surface area contributed by atoms with Crippen LogP contribution in [0.15, 0.2) is 29.3 Å². The highest BCUT2D eigenvalue weighted by Gasteiger charge is 1.96. The third kappa shape index (κ3) is 8.19. The molecule has 1 rings (SSSR count). The Kier molecular flexibility index (Phi) is 8.28. The molecule has 0 aromatic heterocycles. The molecule has 0 heterocycles. The molecule has 3 N–H and O–H groups in total. The van der Waals surface area contributed by atoms with Crippen molar-refractivity contribution < 1.29 is 9.47 Å². The Morgan fingerprint density at radius 1 is 1.29 bits per heavy atom. The highest BCUT2D eigenvalue weighted by atomic mass is 16.5. The third-order valence-corrected chi connectivity index (χ3v) is 2.97. The molecule has 0 aliphatic heterocycles. The Bertz CT molecular complexity index is 416. The zero-order valence-corrected chi connectivity index (χ0v) is 13.3. The Labute approximate surface area is 127 Å². The van der Waals surface area contributed by atoms with E-state index in [0.717, 1.165) is 24.3 Å². The summed E-state index contributed by atoms with van der Waals surface area (Å²) in [6.45, 7) is 6.94. The summed E-state index contributed by atoms with van der Waals surface area (Å²) in [7, 11) is 1.66. The lowest BCUT2D eigenvalue weighted by Crippen LogP contribution is -2.34. The van der Waals surface area contributed by atoms with Gasteiger partial charge in [-0.2, -0.15) is 0 Å². The SMILES string of the molecule is COc1ccc(COCCNC(N)=NCCC(C)C)cc1. The second-order valence-corrected chi connectivity index (χ2v) is 5.28. The lowest BCUT2D eigenvalue weighted by Gasteiger charge is -2.08. The number of hydrogen-bond donors (Lipinski definition) is 2. The molecule has 5 heteroatoms. The molecule has 0 aliphatic rings. The fraction of sp³-hybridized carbons (Fsp3) is 0.562. The largest absolute Gasteiger partial charge is 0.497 e. The lowest BCUT2D eigenvalue weighted by atomic mass is 10.1. The van der Waals surface area contributed by atoms with Crippen LogP contribution in [-0.2, 0) is 11.3 Å². The first-order chi connectivity index (χ1) is 10.1. The predicted octanol–water partition coefficient (Wildman–Crippen LogP) is 2.16. The summed E-state index contributed by atoms with van der Waals surface area (Å²) in [5.41, 5.74) is 6.87. The van der Waals surface area contributed by atoms with Crippen LogP contribution in [0.1, 0.15) is 25.8 Å². The summed E-state index contributed by atoms with van der Waals surface area (Å²) in [6.07, 6.45) is 1.05. The van der Waals surface area contributed by atoms with Gasteiger partial charge in [0.15, 0.2) is 5.96 Å². The van der Waals surface area contributed by atoms with Gasteiger partial charge in [0.25, 0.3) is 0 Å². The van der Waals surface area contributed by atoms with Crippen molar-refractivity contribution in [1.82, 2.24) is 5.32 Å². The Hall–Kier alpha value is -1.75. The predicted molar refractivity (Wildman–Crippen MR) is 86.6 cm³/mol. The Morgan fingerprint density at radius 2 is 2.00 bits per heavy atom. The van der Waals surface area contributed by atoms with E-state index in [2.05, 4.69) is 24.2 Å². The number of nitrogens with two attached hydrogens (primary N) is 1. The molecule has 0 saturated carbocycles. The average Bonchev–Trinajstić information content (AvgIpc) is 2.47. The first kappa shape index (κ1) is 17.3. The highest BCUT2D eigenvalue weighted by molar-refractivity contribution is 5.77. The van der Waals surface area contributed by atoms with E-state index < -0.39 is 0 Å². The molecule has 1 aromatic carbocycles. The second kappa shape index (κ2) is 10.0. The molecule has 0 aliphatic carbocycles. The average molecular weight is 293 g/mol. The van der Waals surface area contributed by atoms with E-state index in [1.165, 1.54) is 0 Å². The minimum Gasteiger partial charge on any atom is -0.497 e. The Balaban J connectivity index is 2.10. The zero-order valence-electron chi connectivity index (χ0n) is 13.3. The van der Waals surface area contributed by atoms with Gasteiger partial charge in [0.05, 0.1) is 20.3 Å². The van der Waals surface area contributed by atoms with Crippen molar-refractivity contribution in [3.63, 3.8) is 0 Å². The van der Waals surface area contributed by atoms with Gasteiger partial charge in [-0.3, -0.25) is 4.99 Å². The summed E-state index contributed by atoms with van der Waals surface area (Å²) in [4.78, 5) is 4.25. The first-order valence-corrected chi connectivity index (χ1v) is 7.36. The number of benzene rings is 1. The van der Waals surface area contributed by atoms with Crippen LogP contribution in [0.25, 0.3) is 0 Å². The molecule has 0 fully saturated rings. The smallest absolute Gasteiger partial charge is 0.188 e. The van der Waals surface area contributed by atoms with Gasteiger partial charge in [0.1, 0.15) is 5.75 Å². The number of ether oxygens (including phenoxy) is 2. The fourth-order valence-corrected chi connectivity index (χ4v) is 1.66. The highest BCUT2D eigenvalue weighted by Crippen LogP contribution is 2.11. The van der Waals surface area contributed by atoms with Crippen LogP contribution in [0, 0.1) is 5.92 Å². The number of methoxy groups -OCH3 is 1. The maximum absolute atomic E-state index is 5.75. The molecule has 118 valence electrons. The summed E-state index contributed by atoms with van der Waals surface area (Å²) in [6, 6.07) is 7.84. The first-order valence-electron chi connectivity index (χ1n) is 7.36. The van der Waals surface area contributed by atoms with Gasteiger partial charge >= 0.3 is 0 Å². The van der Waals surface area contributed by atoms with Crippen LogP contribution in [0.3, 0.4) is 0 Å². The molecule has 0 bridgehead atoms. The zero-order chi connectivity index (χ0) is 15.5. The number of nitrogens with zero attached hydrogens (tertiary/aromatic N) is 1. The topological polar surface area (TPSA) is 68.9 Å². The second-order valence-electron chi connectivity index (χ2n) is 5.28. The minimum absolute atomic E-state index is 0.490. The van der Waals surface area contributed by atoms with Crippen LogP contribution in [-0.4, -0.2) is 32.8 Å². The van der Waals surface area contributed by atoms with Gasteiger partial charge in [0.2, 0.25) is 0 Å². The van der Waals surface area contributed by atoms with E-state index in [0.29, 0.717) is 31.6 Å². The lowest BCUT2D eigenvalue weighted by molar-refractivity contribution is 0.125. The number of rotatable bonds is 9. The molecule has 0 amide bonds. The molecule has 21 heavy (non-hydrogen) atoms. The van der Waals surface area contributed by atoms with Crippen molar-refractivity contribution in [2.45, 2.75) is 26.9 Å². The van der Waals surface area contributed by atoms with Crippen LogP contribution in [0.5, 0.6) is 5.75 Å². The van der Waals surface area contributed by atoms with Crippen molar-refractivity contribution in [3.8, 4) is 5.75 Å². The van der Waals surface area contributed by atoms with Crippen LogP contribution in [0.4, 0.5) is 0 Å². The quantitative estimate of drug-likeness (QED) is 0.416. The third-order valence-electron chi connectivity index (χ3n) is 2.97. The van der Waals surface area contributed by atoms with E-state index in [4.69, 9.17) is 15.2 Å². The fourth-order valence-electron chi connectivity index (χ4n) is 1.66. The number of guanidine groups is 1. The summed E-state index contributed by atoms with van der Waals surface area (Å²) < 4.78 is 10.7. The van der Waals surface area contributed by atoms with Crippen LogP contribution < -0.4 is 15.8 Å². The van der Waals surface area contributed by atoms with Gasteiger partial charge in [-0.15, -0.1) is 0 Å². The van der Waals surface area contributed by atoms with Gasteiger partial charge in [0, 0.05) is 13.1 Å². The standard InChI is InChI=1S/C16H27N3O2/c1-13(2)8-9-18-16(17)19-10-11-21-12-14-4-6-15(20-3)7-5-14/h4-7,13H,8-12H2,1-3H3,(H3,17,18,19). The molecule has 0 spiro atoms. The van der Waals surface area contributed by atoms with Gasteiger partial charge in [-0.05, 0) is 30.0 Å². The number of aliphatic imine (C=N–C) groups is 1. The molecule has 0 radical (unpaired) electrons. The van der Waals surface area contributed by atoms with Crippen molar-refractivity contribution >= 4 is 5.96 Å². The monoisotopic (exact) mass is 293 g/mol. The van der Waals surface area contributed by atoms with E-state index in [-0.39, 0.29) is 0 Å². The van der Waals surface area contributed by atoms with E-state index in [1.807, 2.05) is 24.3 Å². The van der Waals surface area contributed by atoms with Crippen molar-refractivity contribution in [2.24, 2.45) is 16.6 Å². The van der Waals surface area contributed by atoms with Crippen molar-refractivity contribution in [1.29, 1.82) is 0 Å². The van der Waals surface area contributed by atoms with Gasteiger partial charge in [-0.25, -0.2) is 0 Å². The number of nitrogens with one attached hydrogen (secondary N) is 1. The van der Waals surface area contributed by atoms with Crippen molar-refractivity contribution in [2.75, 3.05) is 26.8 Å². The summed E-state index contributed by atoms with van der Waals surface area (Å²) in [5, 5.41) is 3.04. The summed E-state index contributed by atoms with van der Waals surface area (Å²) in [5.74, 6) is 1.99. The molecule has 1 aromatic rings. The molecule has 0 atom stereocenters. The van der Waals surface area contributed by atoms with Crippen molar-refractivity contribution in [3.05, 3.63) is 29.8 Å². The van der Waals surface area contributed by atoms with E-state index in [1.54, 1.807) is 7.11 Å². The maximum atomic E-state index is 5.75. The van der Waals surface area contributed by atoms with Crippen LogP contribution in [0.2, 0.25) is 0 Å². The normalized spacial score (nSPS) is 11.7. The van der Waals surface area contributed by atoms with Gasteiger partial charge < -0.3 is 20.5 Å². The van der Waals surface area contributed by atoms with Gasteiger partial charge in [-0.1, -0.05) is 26.0 Å². The maximum Gasteiger partial charge on any atom is 0.188 e. The summed E-state index contributed by atoms with van der Waals surface area (Å²) >= 11 is 0. The van der Waals surface area contributed by atoms with E-state index >= 15 is 0 Å². The minimum atomic E-state index is 0.490. The van der Waals surface area contributed by atoms with Crippen LogP contribution >= 0.6 is 0 Å².